The second-order valence-electron chi connectivity index (χ2n) is 7.55. The van der Waals surface area contributed by atoms with E-state index in [9.17, 15) is 8.42 Å². The van der Waals surface area contributed by atoms with Crippen LogP contribution in [0, 0.1) is 12.8 Å². The smallest absolute Gasteiger partial charge is 0.207 e. The Hall–Kier alpha value is -2.17. The standard InChI is InChI=1S/C23H27NO2S/c1-17(2)14-22(20-8-6-5-7-9-20)23-16-24(15-19(23)4)27(25,26)21-12-10-18(3)11-13-21/h5-13,22-23H,1,4,14-16H2,2-3H3/t22-,23?/m1/s1. The predicted molar refractivity (Wildman–Crippen MR) is 111 cm³/mol. The second kappa shape index (κ2) is 7.83. The van der Waals surface area contributed by atoms with E-state index in [4.69, 9.17) is 0 Å². The van der Waals surface area contributed by atoms with Gasteiger partial charge >= 0.3 is 0 Å². The lowest BCUT2D eigenvalue weighted by molar-refractivity contribution is 0.424. The first-order valence-electron chi connectivity index (χ1n) is 9.23. The molecule has 2 aromatic rings. The molecular formula is C23H27NO2S. The van der Waals surface area contributed by atoms with Crippen molar-refractivity contribution in [2.75, 3.05) is 13.1 Å². The van der Waals surface area contributed by atoms with Crippen molar-refractivity contribution < 1.29 is 8.42 Å². The van der Waals surface area contributed by atoms with Crippen LogP contribution >= 0.6 is 0 Å². The zero-order chi connectivity index (χ0) is 19.6. The number of sulfonamides is 1. The highest BCUT2D eigenvalue weighted by Crippen LogP contribution is 2.40. The molecule has 0 bridgehead atoms. The molecule has 1 unspecified atom stereocenters. The van der Waals surface area contributed by atoms with Crippen LogP contribution in [-0.4, -0.2) is 25.8 Å². The summed E-state index contributed by atoms with van der Waals surface area (Å²) in [5.74, 6) is 0.277. The van der Waals surface area contributed by atoms with E-state index in [0.29, 0.717) is 18.0 Å². The van der Waals surface area contributed by atoms with E-state index in [1.54, 1.807) is 16.4 Å². The van der Waals surface area contributed by atoms with E-state index < -0.39 is 10.0 Å². The van der Waals surface area contributed by atoms with Gasteiger partial charge in [0.25, 0.3) is 0 Å². The fourth-order valence-electron chi connectivity index (χ4n) is 3.78. The average Bonchev–Trinajstić information content (AvgIpc) is 3.03. The van der Waals surface area contributed by atoms with Crippen molar-refractivity contribution in [2.45, 2.75) is 31.1 Å². The molecule has 3 rings (SSSR count). The van der Waals surface area contributed by atoms with E-state index in [2.05, 4.69) is 25.3 Å². The van der Waals surface area contributed by atoms with E-state index in [0.717, 1.165) is 23.1 Å². The molecule has 0 aromatic heterocycles. The summed E-state index contributed by atoms with van der Waals surface area (Å²) >= 11 is 0. The van der Waals surface area contributed by atoms with E-state index in [1.165, 1.54) is 5.56 Å². The zero-order valence-electron chi connectivity index (χ0n) is 16.1. The normalized spacial score (nSPS) is 19.2. The molecule has 2 aromatic carbocycles. The lowest BCUT2D eigenvalue weighted by atomic mass is 9.80. The molecule has 0 amide bonds. The zero-order valence-corrected chi connectivity index (χ0v) is 16.9. The molecule has 2 atom stereocenters. The minimum absolute atomic E-state index is 0.0873. The van der Waals surface area contributed by atoms with Crippen LogP contribution < -0.4 is 0 Å². The molecule has 1 saturated heterocycles. The van der Waals surface area contributed by atoms with Gasteiger partial charge in [0.2, 0.25) is 10.0 Å². The first kappa shape index (κ1) is 19.6. The van der Waals surface area contributed by atoms with Crippen LogP contribution in [0.2, 0.25) is 0 Å². The van der Waals surface area contributed by atoms with Crippen molar-refractivity contribution in [3.63, 3.8) is 0 Å². The van der Waals surface area contributed by atoms with Gasteiger partial charge in [-0.2, -0.15) is 4.31 Å². The summed E-state index contributed by atoms with van der Waals surface area (Å²) in [6, 6.07) is 17.3. The molecule has 0 saturated carbocycles. The quantitative estimate of drug-likeness (QED) is 0.666. The average molecular weight is 382 g/mol. The molecule has 1 aliphatic heterocycles. The number of benzene rings is 2. The highest BCUT2D eigenvalue weighted by atomic mass is 32.2. The van der Waals surface area contributed by atoms with E-state index >= 15 is 0 Å². The van der Waals surface area contributed by atoms with Gasteiger partial charge < -0.3 is 0 Å². The molecule has 4 heteroatoms. The van der Waals surface area contributed by atoms with Crippen molar-refractivity contribution in [2.24, 2.45) is 5.92 Å². The summed E-state index contributed by atoms with van der Waals surface area (Å²) in [5.41, 5.74) is 4.32. The van der Waals surface area contributed by atoms with Gasteiger partial charge in [-0.05, 0) is 43.9 Å². The molecule has 0 N–H and O–H groups in total. The third kappa shape index (κ3) is 4.23. The third-order valence-corrected chi connectivity index (χ3v) is 7.07. The molecule has 27 heavy (non-hydrogen) atoms. The predicted octanol–water partition coefficient (Wildman–Crippen LogP) is 4.92. The monoisotopic (exact) mass is 381 g/mol. The highest BCUT2D eigenvalue weighted by molar-refractivity contribution is 7.89. The Bertz CT molecular complexity index is 930. The molecule has 1 aliphatic rings. The molecule has 0 aliphatic carbocycles. The van der Waals surface area contributed by atoms with Crippen LogP contribution in [0.25, 0.3) is 0 Å². The minimum Gasteiger partial charge on any atom is -0.207 e. The number of nitrogens with zero attached hydrogens (tertiary/aromatic N) is 1. The number of allylic oxidation sites excluding steroid dienone is 1. The van der Waals surface area contributed by atoms with Crippen LogP contribution in [0.1, 0.15) is 30.4 Å². The van der Waals surface area contributed by atoms with Crippen molar-refractivity contribution >= 4 is 10.0 Å². The summed E-state index contributed by atoms with van der Waals surface area (Å²) < 4.78 is 27.7. The van der Waals surface area contributed by atoms with Gasteiger partial charge in [0.05, 0.1) is 4.90 Å². The number of hydrogen-bond acceptors (Lipinski definition) is 2. The molecule has 142 valence electrons. The Morgan fingerprint density at radius 3 is 2.37 bits per heavy atom. The maximum atomic E-state index is 13.1. The largest absolute Gasteiger partial charge is 0.243 e. The van der Waals surface area contributed by atoms with Gasteiger partial charge in [0.15, 0.2) is 0 Å². The van der Waals surface area contributed by atoms with Gasteiger partial charge in [-0.25, -0.2) is 8.42 Å². The molecule has 1 fully saturated rings. The maximum absolute atomic E-state index is 13.1. The Morgan fingerprint density at radius 2 is 1.78 bits per heavy atom. The number of aryl methyl sites for hydroxylation is 1. The lowest BCUT2D eigenvalue weighted by Crippen LogP contribution is -2.29. The molecule has 0 radical (unpaired) electrons. The third-order valence-electron chi connectivity index (χ3n) is 5.24. The van der Waals surface area contributed by atoms with E-state index in [1.807, 2.05) is 44.2 Å². The first-order valence-corrected chi connectivity index (χ1v) is 10.7. The second-order valence-corrected chi connectivity index (χ2v) is 9.49. The molecule has 1 heterocycles. The Kier molecular flexibility index (Phi) is 5.68. The van der Waals surface area contributed by atoms with Crippen molar-refractivity contribution in [3.8, 4) is 0 Å². The van der Waals surface area contributed by atoms with Gasteiger partial charge in [-0.3, -0.25) is 0 Å². The van der Waals surface area contributed by atoms with Crippen LogP contribution in [-0.2, 0) is 10.0 Å². The maximum Gasteiger partial charge on any atom is 0.243 e. The van der Waals surface area contributed by atoms with Crippen LogP contribution in [0.4, 0.5) is 0 Å². The van der Waals surface area contributed by atoms with Gasteiger partial charge in [-0.1, -0.05) is 65.8 Å². The van der Waals surface area contributed by atoms with Gasteiger partial charge in [0.1, 0.15) is 0 Å². The lowest BCUT2D eigenvalue weighted by Gasteiger charge is -2.25. The first-order chi connectivity index (χ1) is 12.8. The SMILES string of the molecule is C=C(C)C[C@H](c1ccccc1)C1CN(S(=O)(=O)c2ccc(C)cc2)CC1=C. The van der Waals surface area contributed by atoms with Crippen molar-refractivity contribution in [3.05, 3.63) is 90.0 Å². The summed E-state index contributed by atoms with van der Waals surface area (Å²) in [5, 5.41) is 0. The van der Waals surface area contributed by atoms with Crippen LogP contribution in [0.5, 0.6) is 0 Å². The minimum atomic E-state index is -3.52. The molecular weight excluding hydrogens is 354 g/mol. The van der Waals surface area contributed by atoms with E-state index in [-0.39, 0.29) is 11.8 Å². The Balaban J connectivity index is 1.89. The topological polar surface area (TPSA) is 37.4 Å². The van der Waals surface area contributed by atoms with Gasteiger partial charge in [-0.15, -0.1) is 6.58 Å². The Labute approximate surface area is 163 Å². The summed E-state index contributed by atoms with van der Waals surface area (Å²) in [6.45, 7) is 13.1. The summed E-state index contributed by atoms with van der Waals surface area (Å²) in [4.78, 5) is 0.345. The highest BCUT2D eigenvalue weighted by Gasteiger charge is 2.38. The number of hydrogen-bond donors (Lipinski definition) is 0. The van der Waals surface area contributed by atoms with Crippen LogP contribution in [0.15, 0.2) is 83.8 Å². The number of rotatable bonds is 6. The molecule has 3 nitrogen and oxygen atoms in total. The summed E-state index contributed by atoms with van der Waals surface area (Å²) in [7, 11) is -3.52. The molecule has 0 spiro atoms. The fraction of sp³-hybridized carbons (Fsp3) is 0.304. The van der Waals surface area contributed by atoms with Gasteiger partial charge in [0, 0.05) is 19.0 Å². The summed E-state index contributed by atoms with van der Waals surface area (Å²) in [6.07, 6.45) is 0.826. The van der Waals surface area contributed by atoms with Crippen molar-refractivity contribution in [1.29, 1.82) is 0 Å². The fourth-order valence-corrected chi connectivity index (χ4v) is 5.25. The van der Waals surface area contributed by atoms with Crippen LogP contribution in [0.3, 0.4) is 0 Å². The Morgan fingerprint density at radius 1 is 1.15 bits per heavy atom. The van der Waals surface area contributed by atoms with Crippen molar-refractivity contribution in [1.82, 2.24) is 4.31 Å².